The molecule has 388 valence electrons. The van der Waals surface area contributed by atoms with Crippen LogP contribution in [0.1, 0.15) is 136 Å². The Morgan fingerprint density at radius 1 is 0.544 bits per heavy atom. The maximum atomic E-state index is 13.0. The van der Waals surface area contributed by atoms with E-state index in [1.807, 2.05) is 61.6 Å². The second-order valence-corrected chi connectivity index (χ2v) is 18.9. The van der Waals surface area contributed by atoms with E-state index in [1.54, 1.807) is 6.08 Å². The van der Waals surface area contributed by atoms with E-state index in [1.165, 1.54) is 38.5 Å². The van der Waals surface area contributed by atoms with E-state index in [-0.39, 0.29) is 12.8 Å². The summed E-state index contributed by atoms with van der Waals surface area (Å²) in [7, 11) is -10.7. The molecule has 1 rings (SSSR count). The highest BCUT2D eigenvalue weighted by molar-refractivity contribution is 7.47. The van der Waals surface area contributed by atoms with Gasteiger partial charge >= 0.3 is 27.6 Å². The molecule has 1 saturated carbocycles. The summed E-state index contributed by atoms with van der Waals surface area (Å²) in [6, 6.07) is 0. The normalized spacial score (nSPS) is 22.6. The number of aliphatic hydroxyl groups is 5. The SMILES string of the molecule is CCCCCCCC/C=C\C/C=C\C/C=C\CCCC(=O)O[C@H](COC(=O)CCC/C=C\C/C=C\C/C=C\C/C=C\C=C\[C@@H](O)CC)COP(=O)(O)O[C@H]1C(O)C(O)C(O)[C@@H](OP(=O)(O)O)C1O. The second-order valence-electron chi connectivity index (χ2n) is 16.3. The summed E-state index contributed by atoms with van der Waals surface area (Å²) in [5.41, 5.74) is 0. The molecular weight excluding hydrogens is 922 g/mol. The Bertz CT molecular complexity index is 1700. The molecule has 19 heteroatoms. The molecule has 0 heterocycles. The number of hydrogen-bond donors (Lipinski definition) is 8. The van der Waals surface area contributed by atoms with Gasteiger partial charge in [0.25, 0.3) is 0 Å². The third-order valence-electron chi connectivity index (χ3n) is 10.3. The van der Waals surface area contributed by atoms with Gasteiger partial charge in [-0.2, -0.15) is 0 Å². The lowest BCUT2D eigenvalue weighted by Crippen LogP contribution is -2.64. The third-order valence-corrected chi connectivity index (χ3v) is 11.8. The van der Waals surface area contributed by atoms with Gasteiger partial charge in [-0.25, -0.2) is 9.13 Å². The largest absolute Gasteiger partial charge is 0.472 e. The van der Waals surface area contributed by atoms with E-state index in [4.69, 9.17) is 18.5 Å². The molecule has 1 fully saturated rings. The number of carbonyl (C=O) groups is 2. The van der Waals surface area contributed by atoms with Crippen molar-refractivity contribution in [2.75, 3.05) is 13.2 Å². The van der Waals surface area contributed by atoms with E-state index in [9.17, 15) is 58.9 Å². The summed E-state index contributed by atoms with van der Waals surface area (Å²) in [5, 5.41) is 50.7. The molecule has 17 nitrogen and oxygen atoms in total. The summed E-state index contributed by atoms with van der Waals surface area (Å²) in [5.74, 6) is -1.36. The molecule has 1 aliphatic rings. The van der Waals surface area contributed by atoms with Gasteiger partial charge in [0.1, 0.15) is 43.2 Å². The topological polar surface area (TPSA) is 276 Å². The van der Waals surface area contributed by atoms with Crippen molar-refractivity contribution in [1.82, 2.24) is 0 Å². The van der Waals surface area contributed by atoms with Crippen LogP contribution in [0.2, 0.25) is 0 Å². The summed E-state index contributed by atoms with van der Waals surface area (Å²) in [6.45, 7) is 2.67. The van der Waals surface area contributed by atoms with Gasteiger partial charge in [0.05, 0.1) is 12.7 Å². The zero-order chi connectivity index (χ0) is 50.5. The molecule has 0 aromatic rings. The zero-order valence-corrected chi connectivity index (χ0v) is 41.6. The van der Waals surface area contributed by atoms with Gasteiger partial charge in [-0.15, -0.1) is 0 Å². The summed E-state index contributed by atoms with van der Waals surface area (Å²) < 4.78 is 49.2. The van der Waals surface area contributed by atoms with Crippen molar-refractivity contribution >= 4 is 27.6 Å². The minimum Gasteiger partial charge on any atom is -0.462 e. The molecular formula is C49H80O17P2. The Morgan fingerprint density at radius 2 is 1.01 bits per heavy atom. The highest BCUT2D eigenvalue weighted by atomic mass is 31.2. The summed E-state index contributed by atoms with van der Waals surface area (Å²) >= 11 is 0. The van der Waals surface area contributed by atoms with Crippen LogP contribution in [0.25, 0.3) is 0 Å². The van der Waals surface area contributed by atoms with Crippen LogP contribution >= 0.6 is 15.6 Å². The van der Waals surface area contributed by atoms with Crippen LogP contribution in [-0.2, 0) is 41.8 Å². The molecule has 0 bridgehead atoms. The van der Waals surface area contributed by atoms with E-state index < -0.39 is 89.6 Å². The standard InChI is InChI=1S/C49H80O17P2/c1-3-5-6-7-8-9-10-11-12-13-14-19-22-25-28-31-34-37-43(52)64-41(39-63-68(60,61)66-49-46(55)44(53)45(54)48(47(49)56)65-67(57,58)59)38-62-42(51)36-33-30-27-24-21-18-16-15-17-20-23-26-29-32-35-40(50)4-2/h11-12,14,16-20,24-29,32,35,40-41,44-50,53-56H,3-10,13,15,21-23,30-31,33-34,36-39H2,1-2H3,(H,60,61)(H2,57,58,59)/b12-11-,18-16-,19-14-,20-17-,27-24-,28-25-,29-26-,35-32+/t40-,41+,44?,45?,46?,47?,48+,49-/m0/s1. The van der Waals surface area contributed by atoms with Crippen molar-refractivity contribution in [3.05, 3.63) is 97.2 Å². The van der Waals surface area contributed by atoms with Crippen molar-refractivity contribution in [3.8, 4) is 0 Å². The van der Waals surface area contributed by atoms with E-state index in [0.717, 1.165) is 32.1 Å². The van der Waals surface area contributed by atoms with Gasteiger partial charge in [-0.3, -0.25) is 23.2 Å². The number of hydrogen-bond acceptors (Lipinski definition) is 14. The Kier molecular flexibility index (Phi) is 35.7. The van der Waals surface area contributed by atoms with E-state index >= 15 is 0 Å². The summed E-state index contributed by atoms with van der Waals surface area (Å²) in [6.07, 6.45) is 31.8. The van der Waals surface area contributed by atoms with Crippen LogP contribution in [-0.4, -0.2) is 114 Å². The van der Waals surface area contributed by atoms with Crippen LogP contribution in [0.15, 0.2) is 97.2 Å². The van der Waals surface area contributed by atoms with Gasteiger partial charge in [-0.1, -0.05) is 143 Å². The van der Waals surface area contributed by atoms with Crippen LogP contribution in [0.4, 0.5) is 0 Å². The number of rotatable bonds is 38. The predicted molar refractivity (Wildman–Crippen MR) is 261 cm³/mol. The fourth-order valence-corrected chi connectivity index (χ4v) is 7.98. The lowest BCUT2D eigenvalue weighted by molar-refractivity contribution is -0.216. The number of carbonyl (C=O) groups excluding carboxylic acids is 2. The van der Waals surface area contributed by atoms with Crippen LogP contribution in [0.3, 0.4) is 0 Å². The number of allylic oxidation sites excluding steroid dienone is 15. The molecule has 9 atom stereocenters. The molecule has 0 aliphatic heterocycles. The quantitative estimate of drug-likeness (QED) is 0.00953. The molecule has 0 aromatic carbocycles. The molecule has 8 N–H and O–H groups in total. The highest BCUT2D eigenvalue weighted by Gasteiger charge is 2.54. The van der Waals surface area contributed by atoms with Gasteiger partial charge in [0.15, 0.2) is 6.10 Å². The third kappa shape index (κ3) is 32.6. The smallest absolute Gasteiger partial charge is 0.462 e. The summed E-state index contributed by atoms with van der Waals surface area (Å²) in [4.78, 5) is 54.2. The first-order valence-electron chi connectivity index (χ1n) is 23.9. The van der Waals surface area contributed by atoms with Crippen molar-refractivity contribution in [2.45, 2.75) is 185 Å². The molecule has 0 radical (unpaired) electrons. The van der Waals surface area contributed by atoms with Crippen molar-refractivity contribution in [3.63, 3.8) is 0 Å². The number of phosphoric ester groups is 2. The maximum Gasteiger partial charge on any atom is 0.472 e. The average Bonchev–Trinajstić information content (AvgIpc) is 3.29. The first kappa shape index (κ1) is 62.9. The van der Waals surface area contributed by atoms with Crippen molar-refractivity contribution in [2.24, 2.45) is 0 Å². The molecule has 5 unspecified atom stereocenters. The van der Waals surface area contributed by atoms with Gasteiger partial charge in [0.2, 0.25) is 0 Å². The Morgan fingerprint density at radius 3 is 1.54 bits per heavy atom. The number of unbranched alkanes of at least 4 members (excludes halogenated alkanes) is 8. The lowest BCUT2D eigenvalue weighted by Gasteiger charge is -2.43. The highest BCUT2D eigenvalue weighted by Crippen LogP contribution is 2.49. The fraction of sp³-hybridized carbons (Fsp3) is 0.633. The maximum absolute atomic E-state index is 13.0. The fourth-order valence-electron chi connectivity index (χ4n) is 6.44. The monoisotopic (exact) mass is 1000 g/mol. The number of phosphoric acid groups is 2. The Labute approximate surface area is 403 Å². The number of aliphatic hydroxyl groups excluding tert-OH is 5. The second kappa shape index (κ2) is 38.6. The van der Waals surface area contributed by atoms with E-state index in [0.29, 0.717) is 38.5 Å². The molecule has 1 aliphatic carbocycles. The van der Waals surface area contributed by atoms with Gasteiger partial charge < -0.3 is 49.7 Å². The first-order chi connectivity index (χ1) is 32.5. The van der Waals surface area contributed by atoms with E-state index in [2.05, 4.69) is 47.9 Å². The number of esters is 2. The van der Waals surface area contributed by atoms with Crippen molar-refractivity contribution < 1.29 is 82.0 Å². The molecule has 0 aromatic heterocycles. The molecule has 0 spiro atoms. The van der Waals surface area contributed by atoms with Crippen LogP contribution in [0, 0.1) is 0 Å². The van der Waals surface area contributed by atoms with Crippen LogP contribution < -0.4 is 0 Å². The number of ether oxygens (including phenoxy) is 2. The zero-order valence-electron chi connectivity index (χ0n) is 39.9. The van der Waals surface area contributed by atoms with Gasteiger partial charge in [0, 0.05) is 12.8 Å². The van der Waals surface area contributed by atoms with Gasteiger partial charge in [-0.05, 0) is 77.0 Å². The lowest BCUT2D eigenvalue weighted by atomic mass is 9.85. The predicted octanol–water partition coefficient (Wildman–Crippen LogP) is 8.14. The Balaban J connectivity index is 2.68. The van der Waals surface area contributed by atoms with Crippen molar-refractivity contribution in [1.29, 1.82) is 0 Å². The molecule has 68 heavy (non-hydrogen) atoms. The first-order valence-corrected chi connectivity index (χ1v) is 26.9. The average molecular weight is 1000 g/mol. The van der Waals surface area contributed by atoms with Crippen LogP contribution in [0.5, 0.6) is 0 Å². The minimum absolute atomic E-state index is 0.0124. The molecule has 0 amide bonds. The minimum atomic E-state index is -5.38. The Hall–Kier alpha value is -3.12. The molecule has 0 saturated heterocycles.